The molecule has 2 radical (unpaired) electrons. The zero-order valence-corrected chi connectivity index (χ0v) is 14.5. The maximum atomic E-state index is 4.61. The molecule has 0 aromatic carbocycles. The molecule has 86 valence electrons. The fraction of sp³-hybridized carbons (Fsp3) is 1.00. The third kappa shape index (κ3) is 23.1. The van der Waals surface area contributed by atoms with E-state index in [0.29, 0.717) is 0 Å². The second-order valence-corrected chi connectivity index (χ2v) is 8.82. The topological polar surface area (TPSA) is 18.5 Å². The molecule has 0 unspecified atom stereocenters. The van der Waals surface area contributed by atoms with Crippen LogP contribution in [0.25, 0.3) is 0 Å². The van der Waals surface area contributed by atoms with Gasteiger partial charge in [-0.25, -0.2) is 0 Å². The van der Waals surface area contributed by atoms with E-state index in [2.05, 4.69) is 22.7 Å². The Hall–Kier alpha value is 0.936. The first kappa shape index (κ1) is 17.3. The van der Waals surface area contributed by atoms with E-state index in [-0.39, 0.29) is 21.1 Å². The van der Waals surface area contributed by atoms with E-state index in [1.807, 2.05) is 0 Å². The van der Waals surface area contributed by atoms with Crippen molar-refractivity contribution >= 4 is 31.1 Å². The van der Waals surface area contributed by atoms with Crippen LogP contribution in [0.3, 0.4) is 0 Å². The van der Waals surface area contributed by atoms with Gasteiger partial charge in [0.1, 0.15) is 0 Å². The minimum Gasteiger partial charge on any atom is -0.402 e. The summed E-state index contributed by atoms with van der Waals surface area (Å²) >= 11 is 0.149. The summed E-state index contributed by atoms with van der Waals surface area (Å²) in [7, 11) is 2.73. The van der Waals surface area contributed by atoms with Gasteiger partial charge in [0.15, 0.2) is 0 Å². The Morgan fingerprint density at radius 2 is 1.36 bits per heavy atom. The third-order valence-corrected chi connectivity index (χ3v) is 6.16. The van der Waals surface area contributed by atoms with Crippen LogP contribution >= 0.6 is 0 Å². The molecule has 2 nitrogen and oxygen atoms in total. The minimum absolute atomic E-state index is 0.149. The monoisotopic (exact) mass is 326 g/mol. The molecule has 0 atom stereocenters. The molecule has 0 N–H and O–H groups in total. The molecule has 0 fully saturated rings. The van der Waals surface area contributed by atoms with Crippen molar-refractivity contribution in [2.45, 2.75) is 48.4 Å². The van der Waals surface area contributed by atoms with Crippen LogP contribution < -0.4 is 0 Å². The summed E-state index contributed by atoms with van der Waals surface area (Å²) in [5, 5.41) is 0. The van der Waals surface area contributed by atoms with E-state index in [4.69, 9.17) is 0 Å². The van der Waals surface area contributed by atoms with Gasteiger partial charge in [0.2, 0.25) is 0 Å². The largest absolute Gasteiger partial charge is 0.402 e. The number of hydrogen-bond acceptors (Lipinski definition) is 2. The zero-order chi connectivity index (χ0) is 11.1. The molecule has 0 rings (SSSR count). The Morgan fingerprint density at radius 1 is 0.929 bits per heavy atom. The van der Waals surface area contributed by atoms with Gasteiger partial charge in [-0.1, -0.05) is 0 Å². The first-order chi connectivity index (χ1) is 6.83. The van der Waals surface area contributed by atoms with Crippen molar-refractivity contribution < 1.29 is 8.85 Å². The van der Waals surface area contributed by atoms with Gasteiger partial charge < -0.3 is 8.85 Å². The average molecular weight is 325 g/mol. The Kier molecular flexibility index (Phi) is 24.1. The maximum Gasteiger partial charge on any atom is 0.303 e. The maximum absolute atomic E-state index is 4.61. The summed E-state index contributed by atoms with van der Waals surface area (Å²) in [6.45, 7) is 4.58. The molecule has 0 heterocycles. The van der Waals surface area contributed by atoms with Crippen molar-refractivity contribution in [1.82, 2.24) is 0 Å². The van der Waals surface area contributed by atoms with Gasteiger partial charge in [0.05, 0.1) is 0 Å². The molecule has 4 heteroatoms. The van der Waals surface area contributed by atoms with Gasteiger partial charge in [0.25, 0.3) is 0 Å². The van der Waals surface area contributed by atoms with E-state index >= 15 is 0 Å². The van der Waals surface area contributed by atoms with Crippen LogP contribution in [0.15, 0.2) is 0 Å². The number of unbranched alkanes of at least 4 members (excludes halogenated alkanes) is 2. The van der Waals surface area contributed by atoms with Gasteiger partial charge in [-0.15, -0.1) is 0 Å². The van der Waals surface area contributed by atoms with Crippen molar-refractivity contribution in [3.05, 3.63) is 0 Å². The molecular formula is C10H26O2SiSn. The minimum atomic E-state index is -0.568. The van der Waals surface area contributed by atoms with Crippen LogP contribution in [0, 0.1) is 0 Å². The van der Waals surface area contributed by atoms with Gasteiger partial charge in [-0.3, -0.25) is 0 Å². The SMILES string of the molecule is CCC[CH2][Sn][CH2]CCC.CO[SiH2]OC. The summed E-state index contributed by atoms with van der Waals surface area (Å²) in [5.74, 6) is 0. The molecule has 0 aromatic heterocycles. The predicted octanol–water partition coefficient (Wildman–Crippen LogP) is 2.41. The molecule has 0 saturated carbocycles. The molecule has 0 saturated heterocycles. The van der Waals surface area contributed by atoms with E-state index in [0.717, 1.165) is 0 Å². The molecule has 0 bridgehead atoms. The molecule has 0 amide bonds. The predicted molar refractivity (Wildman–Crippen MR) is 67.7 cm³/mol. The van der Waals surface area contributed by atoms with Gasteiger partial charge in [-0.05, 0) is 0 Å². The third-order valence-electron chi connectivity index (χ3n) is 1.65. The summed E-state index contributed by atoms with van der Waals surface area (Å²) in [4.78, 5) is 0. The van der Waals surface area contributed by atoms with Crippen LogP contribution in [0.4, 0.5) is 0 Å². The standard InChI is InChI=1S/2C4H9.C2H8O2Si.Sn/c2*1-3-4-2;1-3-5-4-2;/h2*1,3-4H2,2H3;5H2,1-2H3;. The van der Waals surface area contributed by atoms with Crippen LogP contribution in [0.2, 0.25) is 8.87 Å². The quantitative estimate of drug-likeness (QED) is 0.504. The fourth-order valence-corrected chi connectivity index (χ4v) is 5.24. The van der Waals surface area contributed by atoms with Gasteiger partial charge >= 0.3 is 79.6 Å². The average Bonchev–Trinajstić information content (AvgIpc) is 2.20. The van der Waals surface area contributed by atoms with Crippen LogP contribution in [0.5, 0.6) is 0 Å². The number of hydrogen-bond donors (Lipinski definition) is 0. The first-order valence-corrected chi connectivity index (χ1v) is 10.7. The molecule has 0 aliphatic heterocycles. The van der Waals surface area contributed by atoms with Crippen LogP contribution in [-0.2, 0) is 8.85 Å². The summed E-state index contributed by atoms with van der Waals surface area (Å²) in [5.41, 5.74) is 0. The zero-order valence-electron chi connectivity index (χ0n) is 10.3. The second kappa shape index (κ2) is 19.5. The molecule has 0 spiro atoms. The van der Waals surface area contributed by atoms with E-state index < -0.39 is 10.0 Å². The van der Waals surface area contributed by atoms with Crippen molar-refractivity contribution in [2.75, 3.05) is 14.2 Å². The summed E-state index contributed by atoms with van der Waals surface area (Å²) < 4.78 is 12.5. The summed E-state index contributed by atoms with van der Waals surface area (Å²) in [6.07, 6.45) is 5.84. The number of rotatable bonds is 8. The Balaban J connectivity index is 0. The fourth-order valence-electron chi connectivity index (χ4n) is 0.846. The smallest absolute Gasteiger partial charge is 0.303 e. The van der Waals surface area contributed by atoms with Gasteiger partial charge in [0, 0.05) is 14.2 Å². The van der Waals surface area contributed by atoms with Gasteiger partial charge in [-0.2, -0.15) is 0 Å². The molecule has 14 heavy (non-hydrogen) atoms. The second-order valence-electron chi connectivity index (χ2n) is 3.15. The molecule has 0 aliphatic carbocycles. The molecular weight excluding hydrogens is 299 g/mol. The van der Waals surface area contributed by atoms with Crippen molar-refractivity contribution in [3.8, 4) is 0 Å². The normalized spacial score (nSPS) is 9.43. The van der Waals surface area contributed by atoms with Crippen molar-refractivity contribution in [1.29, 1.82) is 0 Å². The molecule has 0 aromatic rings. The van der Waals surface area contributed by atoms with E-state index in [1.165, 1.54) is 25.7 Å². The van der Waals surface area contributed by atoms with Crippen LogP contribution in [-0.4, -0.2) is 45.4 Å². The Bertz CT molecular complexity index is 76.5. The summed E-state index contributed by atoms with van der Waals surface area (Å²) in [6, 6.07) is 0. The first-order valence-electron chi connectivity index (χ1n) is 5.52. The van der Waals surface area contributed by atoms with Crippen molar-refractivity contribution in [3.63, 3.8) is 0 Å². The molecule has 0 aliphatic rings. The van der Waals surface area contributed by atoms with E-state index in [9.17, 15) is 0 Å². The Morgan fingerprint density at radius 3 is 1.57 bits per heavy atom. The van der Waals surface area contributed by atoms with Crippen LogP contribution in [0.1, 0.15) is 39.5 Å². The Labute approximate surface area is 102 Å². The van der Waals surface area contributed by atoms with Crippen molar-refractivity contribution in [2.24, 2.45) is 0 Å². The van der Waals surface area contributed by atoms with E-state index in [1.54, 1.807) is 23.1 Å².